The zero-order chi connectivity index (χ0) is 42.0. The van der Waals surface area contributed by atoms with Gasteiger partial charge in [0.2, 0.25) is 0 Å². The molecule has 0 spiro atoms. The van der Waals surface area contributed by atoms with Crippen LogP contribution in [0.1, 0.15) is 33.4 Å². The van der Waals surface area contributed by atoms with Gasteiger partial charge in [-0.1, -0.05) is 106 Å². The molecule has 7 aromatic carbocycles. The third-order valence-corrected chi connectivity index (χ3v) is 13.7. The van der Waals surface area contributed by atoms with Gasteiger partial charge in [0.15, 0.2) is 0 Å². The van der Waals surface area contributed by atoms with Crippen molar-refractivity contribution in [2.24, 2.45) is 0 Å². The molecule has 0 bridgehead atoms. The minimum absolute atomic E-state index is 0. The first-order valence-corrected chi connectivity index (χ1v) is 21.9. The summed E-state index contributed by atoms with van der Waals surface area (Å²) in [6.45, 7) is 13.2. The largest absolute Gasteiger partial charge is 0.503 e. The number of benzene rings is 7. The molecule has 63 heavy (non-hydrogen) atoms. The Balaban J connectivity index is 0.00000444. The molecule has 0 aliphatic heterocycles. The van der Waals surface area contributed by atoms with Gasteiger partial charge in [-0.05, 0) is 105 Å². The number of hydrogen-bond acceptors (Lipinski definition) is 3. The molecule has 5 nitrogen and oxygen atoms in total. The van der Waals surface area contributed by atoms with Gasteiger partial charge < -0.3 is 13.7 Å². The summed E-state index contributed by atoms with van der Waals surface area (Å²) >= 11 is 1.82. The molecule has 0 atom stereocenters. The smallest absolute Gasteiger partial charge is 0.135 e. The number of rotatable bonds is 5. The van der Waals surface area contributed by atoms with Crippen molar-refractivity contribution in [3.05, 3.63) is 179 Å². The van der Waals surface area contributed by atoms with Gasteiger partial charge in [0, 0.05) is 75.6 Å². The molecule has 308 valence electrons. The Morgan fingerprint density at radius 1 is 0.603 bits per heavy atom. The minimum atomic E-state index is 0. The van der Waals surface area contributed by atoms with Gasteiger partial charge in [-0.3, -0.25) is 4.98 Å². The fourth-order valence-electron chi connectivity index (χ4n) is 10.3. The quantitative estimate of drug-likeness (QED) is 0.0980. The second kappa shape index (κ2) is 14.8. The molecular formula is C56H40N4OPtS-2. The van der Waals surface area contributed by atoms with Crippen LogP contribution in [0.2, 0.25) is 0 Å². The van der Waals surface area contributed by atoms with E-state index in [2.05, 4.69) is 166 Å². The van der Waals surface area contributed by atoms with Crippen molar-refractivity contribution in [3.8, 4) is 39.8 Å². The van der Waals surface area contributed by atoms with Crippen LogP contribution in [0.4, 0.5) is 0 Å². The molecule has 0 N–H and O–H groups in total. The summed E-state index contributed by atoms with van der Waals surface area (Å²) < 4.78 is 13.9. The first-order valence-electron chi connectivity index (χ1n) is 21.1. The molecule has 0 saturated heterocycles. The number of pyridine rings is 2. The van der Waals surface area contributed by atoms with Crippen molar-refractivity contribution < 1.29 is 30.2 Å². The van der Waals surface area contributed by atoms with Crippen LogP contribution in [-0.2, 0) is 21.1 Å². The van der Waals surface area contributed by atoms with E-state index >= 15 is 0 Å². The second-order valence-corrected chi connectivity index (χ2v) is 17.9. The summed E-state index contributed by atoms with van der Waals surface area (Å²) in [6.07, 6.45) is 1.85. The summed E-state index contributed by atoms with van der Waals surface area (Å²) in [6, 6.07) is 52.8. The first-order chi connectivity index (χ1) is 30.2. The molecule has 7 heteroatoms. The van der Waals surface area contributed by atoms with E-state index in [0.717, 1.165) is 71.9 Å². The Hall–Kier alpha value is -6.59. The van der Waals surface area contributed by atoms with Crippen LogP contribution in [0.5, 0.6) is 11.5 Å². The van der Waals surface area contributed by atoms with Crippen LogP contribution in [0.25, 0.3) is 97.6 Å². The third-order valence-electron chi connectivity index (χ3n) is 12.5. The van der Waals surface area contributed by atoms with Crippen LogP contribution in [0, 0.1) is 53.7 Å². The van der Waals surface area contributed by atoms with E-state index < -0.39 is 0 Å². The molecule has 5 heterocycles. The zero-order valence-corrected chi connectivity index (χ0v) is 38.7. The van der Waals surface area contributed by atoms with Crippen molar-refractivity contribution in [1.82, 2.24) is 14.5 Å². The number of imidazole rings is 1. The Morgan fingerprint density at radius 2 is 1.24 bits per heavy atom. The van der Waals surface area contributed by atoms with Crippen LogP contribution in [-0.4, -0.2) is 9.55 Å². The average Bonchev–Trinajstić information content (AvgIpc) is 3.93. The Bertz CT molecular complexity index is 3810. The van der Waals surface area contributed by atoms with Gasteiger partial charge in [0.05, 0.1) is 22.6 Å². The van der Waals surface area contributed by atoms with Crippen LogP contribution in [0.3, 0.4) is 0 Å². The van der Waals surface area contributed by atoms with Gasteiger partial charge in [0.1, 0.15) is 5.82 Å². The number of aryl methyl sites for hydroxylation is 6. The summed E-state index contributed by atoms with van der Waals surface area (Å²) in [5.41, 5.74) is 15.7. The number of nitrogens with zero attached hydrogens (tertiary/aromatic N) is 4. The molecule has 0 aliphatic carbocycles. The average molecular weight is 1010 g/mol. The van der Waals surface area contributed by atoms with Crippen LogP contribution >= 0.6 is 11.3 Å². The predicted octanol–water partition coefficient (Wildman–Crippen LogP) is 14.1. The van der Waals surface area contributed by atoms with Crippen molar-refractivity contribution >= 4 is 80.6 Å². The zero-order valence-electron chi connectivity index (χ0n) is 35.6. The number of hydrogen-bond donors (Lipinski definition) is 0. The Morgan fingerprint density at radius 3 is 1.97 bits per heavy atom. The van der Waals surface area contributed by atoms with Gasteiger partial charge >= 0.3 is 0 Å². The minimum Gasteiger partial charge on any atom is -0.503 e. The van der Waals surface area contributed by atoms with E-state index in [4.69, 9.17) is 14.7 Å². The van der Waals surface area contributed by atoms with Crippen LogP contribution < -0.4 is 14.1 Å². The molecule has 12 aromatic rings. The molecule has 12 rings (SSSR count). The fraction of sp³-hybridized carbons (Fsp3) is 0.107. The summed E-state index contributed by atoms with van der Waals surface area (Å²) in [7, 11) is 0. The monoisotopic (exact) mass is 1010 g/mol. The summed E-state index contributed by atoms with van der Waals surface area (Å²) in [5, 5.41) is 7.80. The van der Waals surface area contributed by atoms with E-state index in [1.165, 1.54) is 59.1 Å². The third kappa shape index (κ3) is 5.99. The molecule has 0 amide bonds. The van der Waals surface area contributed by atoms with E-state index in [-0.39, 0.29) is 21.1 Å². The molecular weight excluding hydrogens is 972 g/mol. The molecule has 0 aliphatic rings. The van der Waals surface area contributed by atoms with Crippen molar-refractivity contribution in [1.29, 1.82) is 0 Å². The maximum absolute atomic E-state index is 6.81. The van der Waals surface area contributed by atoms with E-state index in [1.54, 1.807) is 0 Å². The second-order valence-electron chi connectivity index (χ2n) is 16.8. The van der Waals surface area contributed by atoms with Crippen molar-refractivity contribution in [2.45, 2.75) is 41.5 Å². The SMILES string of the molecule is Cc1cc(C)c(-c2[n-]c3c4[c-]c(Oc5[c-]c6c(cc5)c5ccc7sc8ccccc8c7c5n6-c5ccccn5)ccc4c4ccccc4[n+]3c2-c2c(C)cc(C)cc2C)c(C)c1.[Pt]. The number of ether oxygens (including phenoxy) is 1. The van der Waals surface area contributed by atoms with Gasteiger partial charge in [-0.2, -0.15) is 6.07 Å². The summed E-state index contributed by atoms with van der Waals surface area (Å²) in [4.78, 5) is 10.5. The molecule has 5 aromatic heterocycles. The van der Waals surface area contributed by atoms with Crippen molar-refractivity contribution in [3.63, 3.8) is 0 Å². The van der Waals surface area contributed by atoms with Gasteiger partial charge in [-0.15, -0.1) is 41.0 Å². The van der Waals surface area contributed by atoms with Gasteiger partial charge in [-0.25, -0.2) is 4.98 Å². The number of aromatic nitrogens is 4. The maximum atomic E-state index is 6.81. The molecule has 0 unspecified atom stereocenters. The summed E-state index contributed by atoms with van der Waals surface area (Å²) in [5.74, 6) is 2.02. The number of fused-ring (bicyclic) bond motifs is 13. The normalized spacial score (nSPS) is 11.8. The Kier molecular flexibility index (Phi) is 9.20. The number of para-hydroxylation sites is 1. The van der Waals surface area contributed by atoms with E-state index in [9.17, 15) is 0 Å². The maximum Gasteiger partial charge on any atom is 0.135 e. The fourth-order valence-corrected chi connectivity index (χ4v) is 11.4. The molecule has 0 saturated carbocycles. The topological polar surface area (TPSA) is 45.3 Å². The van der Waals surface area contributed by atoms with Gasteiger partial charge in [0.25, 0.3) is 0 Å². The standard InChI is InChI=1S/C56H40N4OS.Pt/c1-31-25-33(3)50(34(4)26-31)53-55(51-35(5)27-32(2)28-36(51)6)60-45-15-9-7-13-40(45)39-20-18-37(29-44(39)56(60)58-53)61-38-19-21-41-42-22-23-48-52(43-14-8-10-16-47(43)62-48)54(42)59(46(41)30-38)49-17-11-12-24-57-49;/h7-28H,1-6H3;/q-2;. The van der Waals surface area contributed by atoms with E-state index in [1.807, 2.05) is 41.8 Å². The Labute approximate surface area is 383 Å². The van der Waals surface area contributed by atoms with Crippen LogP contribution in [0.15, 0.2) is 134 Å². The molecule has 0 radical (unpaired) electrons. The predicted molar refractivity (Wildman–Crippen MR) is 256 cm³/mol. The molecule has 0 fully saturated rings. The first kappa shape index (κ1) is 39.3. The van der Waals surface area contributed by atoms with E-state index in [0.29, 0.717) is 11.5 Å². The number of thiophene rings is 1. The van der Waals surface area contributed by atoms with Crippen molar-refractivity contribution in [2.75, 3.05) is 0 Å².